The Morgan fingerprint density at radius 3 is 2.71 bits per heavy atom. The summed E-state index contributed by atoms with van der Waals surface area (Å²) in [6, 6.07) is 9.73. The van der Waals surface area contributed by atoms with E-state index >= 15 is 0 Å². The molecule has 1 aliphatic rings. The van der Waals surface area contributed by atoms with Crippen LogP contribution in [0.4, 0.5) is 5.82 Å². The van der Waals surface area contributed by atoms with Crippen molar-refractivity contribution in [2.75, 3.05) is 18.5 Å². The Morgan fingerprint density at radius 1 is 1.29 bits per heavy atom. The lowest BCUT2D eigenvalue weighted by Crippen LogP contribution is -2.30. The van der Waals surface area contributed by atoms with Crippen LogP contribution in [0, 0.1) is 0 Å². The normalized spacial score (nSPS) is 17.0. The summed E-state index contributed by atoms with van der Waals surface area (Å²) in [6.45, 7) is 2.75. The molecule has 1 aromatic carbocycles. The van der Waals surface area contributed by atoms with Gasteiger partial charge in [0.15, 0.2) is 6.10 Å². The number of ether oxygens (including phenoxy) is 3. The molecule has 148 valence electrons. The molecule has 0 bridgehead atoms. The molecule has 1 fully saturated rings. The second-order valence-electron chi connectivity index (χ2n) is 6.37. The second kappa shape index (κ2) is 9.52. The molecule has 7 nitrogen and oxygen atoms in total. The number of carbonyl (C=O) groups excluding carboxylic acids is 2. The summed E-state index contributed by atoms with van der Waals surface area (Å²) in [4.78, 5) is 28.3. The van der Waals surface area contributed by atoms with Gasteiger partial charge in [0.05, 0.1) is 16.7 Å². The van der Waals surface area contributed by atoms with Crippen molar-refractivity contribution in [3.63, 3.8) is 0 Å². The van der Waals surface area contributed by atoms with E-state index in [0.717, 1.165) is 19.4 Å². The maximum absolute atomic E-state index is 12.2. The van der Waals surface area contributed by atoms with E-state index in [4.69, 9.17) is 25.8 Å². The number of anilines is 1. The fraction of sp³-hybridized carbons (Fsp3) is 0.350. The van der Waals surface area contributed by atoms with Gasteiger partial charge in [-0.25, -0.2) is 9.78 Å². The molecular weight excluding hydrogens is 384 g/mol. The number of hydrogen-bond acceptors (Lipinski definition) is 6. The molecular formula is C20H21ClN2O5. The first-order valence-electron chi connectivity index (χ1n) is 8.99. The Morgan fingerprint density at radius 2 is 2.07 bits per heavy atom. The average molecular weight is 405 g/mol. The van der Waals surface area contributed by atoms with Gasteiger partial charge in [-0.15, -0.1) is 0 Å². The van der Waals surface area contributed by atoms with Crippen LogP contribution in [0.3, 0.4) is 0 Å². The van der Waals surface area contributed by atoms with Crippen molar-refractivity contribution >= 4 is 29.3 Å². The van der Waals surface area contributed by atoms with Crippen LogP contribution >= 0.6 is 11.6 Å². The molecule has 1 N–H and O–H groups in total. The minimum atomic E-state index is -0.986. The van der Waals surface area contributed by atoms with Gasteiger partial charge in [0.25, 0.3) is 5.91 Å². The molecule has 0 spiro atoms. The molecule has 1 aliphatic heterocycles. The Bertz CT molecular complexity index is 804. The molecule has 8 heteroatoms. The lowest BCUT2D eigenvalue weighted by atomic mass is 10.2. The average Bonchev–Trinajstić information content (AvgIpc) is 3.22. The van der Waals surface area contributed by atoms with E-state index in [1.165, 1.54) is 13.1 Å². The molecule has 1 amide bonds. The lowest BCUT2D eigenvalue weighted by molar-refractivity contribution is -0.123. The van der Waals surface area contributed by atoms with E-state index in [0.29, 0.717) is 28.8 Å². The van der Waals surface area contributed by atoms with Crippen LogP contribution in [0.25, 0.3) is 0 Å². The van der Waals surface area contributed by atoms with Crippen LogP contribution < -0.4 is 10.1 Å². The molecule has 0 saturated carbocycles. The highest BCUT2D eigenvalue weighted by atomic mass is 35.5. The molecule has 0 unspecified atom stereocenters. The summed E-state index contributed by atoms with van der Waals surface area (Å²) in [6.07, 6.45) is 2.60. The standard InChI is InChI=1S/C20H21ClN2O5/c1-13(19(24)23-18-9-6-15(21)11-22-18)28-20(25)14-4-7-16(8-5-14)27-12-17-3-2-10-26-17/h4-9,11,13,17H,2-3,10,12H2,1H3,(H,22,23,24)/t13-,17-/m0/s1. The smallest absolute Gasteiger partial charge is 0.338 e. The number of nitrogens with one attached hydrogen (secondary N) is 1. The topological polar surface area (TPSA) is 86.8 Å². The fourth-order valence-electron chi connectivity index (χ4n) is 2.61. The zero-order chi connectivity index (χ0) is 19.9. The van der Waals surface area contributed by atoms with Crippen LogP contribution in [-0.2, 0) is 14.3 Å². The van der Waals surface area contributed by atoms with Crippen LogP contribution in [-0.4, -0.2) is 42.3 Å². The van der Waals surface area contributed by atoms with Crippen molar-refractivity contribution in [2.24, 2.45) is 0 Å². The number of pyridine rings is 1. The number of amides is 1. The van der Waals surface area contributed by atoms with Gasteiger partial charge in [-0.1, -0.05) is 11.6 Å². The first-order chi connectivity index (χ1) is 13.5. The number of benzene rings is 1. The van der Waals surface area contributed by atoms with E-state index in [9.17, 15) is 9.59 Å². The van der Waals surface area contributed by atoms with Crippen molar-refractivity contribution < 1.29 is 23.8 Å². The molecule has 0 aliphatic carbocycles. The lowest BCUT2D eigenvalue weighted by Gasteiger charge is -2.14. The molecule has 0 radical (unpaired) electrons. The summed E-state index contributed by atoms with van der Waals surface area (Å²) >= 11 is 5.75. The Balaban J connectivity index is 1.48. The van der Waals surface area contributed by atoms with Crippen molar-refractivity contribution in [3.8, 4) is 5.75 Å². The Hall–Kier alpha value is -2.64. The highest BCUT2D eigenvalue weighted by molar-refractivity contribution is 6.30. The highest BCUT2D eigenvalue weighted by Crippen LogP contribution is 2.17. The van der Waals surface area contributed by atoms with E-state index in [2.05, 4.69) is 10.3 Å². The molecule has 28 heavy (non-hydrogen) atoms. The first-order valence-corrected chi connectivity index (χ1v) is 9.37. The SMILES string of the molecule is C[C@H](OC(=O)c1ccc(OC[C@@H]2CCCO2)cc1)C(=O)Nc1ccc(Cl)cn1. The van der Waals surface area contributed by atoms with Crippen molar-refractivity contribution in [3.05, 3.63) is 53.2 Å². The third-order valence-electron chi connectivity index (χ3n) is 4.18. The summed E-state index contributed by atoms with van der Waals surface area (Å²) in [5.74, 6) is -0.117. The third-order valence-corrected chi connectivity index (χ3v) is 4.41. The molecule has 1 aromatic heterocycles. The predicted molar refractivity (Wildman–Crippen MR) is 104 cm³/mol. The second-order valence-corrected chi connectivity index (χ2v) is 6.81. The molecule has 2 atom stereocenters. The molecule has 2 heterocycles. The van der Waals surface area contributed by atoms with E-state index in [1.54, 1.807) is 36.4 Å². The Kier molecular flexibility index (Phi) is 6.84. The highest BCUT2D eigenvalue weighted by Gasteiger charge is 2.20. The zero-order valence-electron chi connectivity index (χ0n) is 15.4. The summed E-state index contributed by atoms with van der Waals surface area (Å²) < 4.78 is 16.4. The van der Waals surface area contributed by atoms with Crippen LogP contribution in [0.15, 0.2) is 42.6 Å². The van der Waals surface area contributed by atoms with Gasteiger partial charge in [-0.05, 0) is 56.2 Å². The van der Waals surface area contributed by atoms with Gasteiger partial charge in [-0.2, -0.15) is 0 Å². The number of halogens is 1. The van der Waals surface area contributed by atoms with Gasteiger partial charge >= 0.3 is 5.97 Å². The van der Waals surface area contributed by atoms with Gasteiger partial charge < -0.3 is 19.5 Å². The summed E-state index contributed by atoms with van der Waals surface area (Å²) in [5, 5.41) is 3.02. The number of hydrogen-bond donors (Lipinski definition) is 1. The van der Waals surface area contributed by atoms with E-state index in [1.807, 2.05) is 0 Å². The fourth-order valence-corrected chi connectivity index (χ4v) is 2.72. The van der Waals surface area contributed by atoms with Gasteiger partial charge in [0.2, 0.25) is 0 Å². The van der Waals surface area contributed by atoms with Gasteiger partial charge in [0.1, 0.15) is 18.2 Å². The van der Waals surface area contributed by atoms with Crippen LogP contribution in [0.2, 0.25) is 5.02 Å². The third kappa shape index (κ3) is 5.68. The number of aromatic nitrogens is 1. The number of carbonyl (C=O) groups is 2. The molecule has 2 aromatic rings. The monoisotopic (exact) mass is 404 g/mol. The predicted octanol–water partition coefficient (Wildman–Crippen LogP) is 3.48. The zero-order valence-corrected chi connectivity index (χ0v) is 16.1. The van der Waals surface area contributed by atoms with Gasteiger partial charge in [-0.3, -0.25) is 4.79 Å². The van der Waals surface area contributed by atoms with Crippen LogP contribution in [0.1, 0.15) is 30.1 Å². The van der Waals surface area contributed by atoms with Crippen molar-refractivity contribution in [2.45, 2.75) is 32.0 Å². The van der Waals surface area contributed by atoms with E-state index in [-0.39, 0.29) is 6.10 Å². The first kappa shape index (κ1) is 20.1. The van der Waals surface area contributed by atoms with Gasteiger partial charge in [0, 0.05) is 12.8 Å². The largest absolute Gasteiger partial charge is 0.491 e. The Labute approximate surface area is 168 Å². The maximum Gasteiger partial charge on any atom is 0.338 e. The summed E-state index contributed by atoms with van der Waals surface area (Å²) in [5.41, 5.74) is 0.328. The quantitative estimate of drug-likeness (QED) is 0.711. The minimum absolute atomic E-state index is 0.124. The number of nitrogens with zero attached hydrogens (tertiary/aromatic N) is 1. The van der Waals surface area contributed by atoms with E-state index < -0.39 is 18.0 Å². The summed E-state index contributed by atoms with van der Waals surface area (Å²) in [7, 11) is 0. The number of esters is 1. The minimum Gasteiger partial charge on any atom is -0.491 e. The van der Waals surface area contributed by atoms with Crippen LogP contribution in [0.5, 0.6) is 5.75 Å². The number of rotatable bonds is 7. The molecule has 1 saturated heterocycles. The maximum atomic E-state index is 12.2. The van der Waals surface area contributed by atoms with Crippen molar-refractivity contribution in [1.29, 1.82) is 0 Å². The van der Waals surface area contributed by atoms with Crippen molar-refractivity contribution in [1.82, 2.24) is 4.98 Å². The molecule has 3 rings (SSSR count).